The van der Waals surface area contributed by atoms with Gasteiger partial charge >= 0.3 is 12.1 Å². The van der Waals surface area contributed by atoms with Gasteiger partial charge in [-0.25, -0.2) is 0 Å². The number of alkyl halides is 3. The van der Waals surface area contributed by atoms with E-state index < -0.39 is 23.8 Å². The third-order valence-corrected chi connectivity index (χ3v) is 2.11. The Bertz CT molecular complexity index is 390. The van der Waals surface area contributed by atoms with Crippen LogP contribution in [0.2, 0.25) is 0 Å². The lowest BCUT2D eigenvalue weighted by Crippen LogP contribution is -2.27. The summed E-state index contributed by atoms with van der Waals surface area (Å²) in [5.74, 6) is -1.35. The molecule has 3 nitrogen and oxygen atoms in total. The van der Waals surface area contributed by atoms with Crippen molar-refractivity contribution in [2.45, 2.75) is 12.2 Å². The zero-order valence-corrected chi connectivity index (χ0v) is 8.38. The monoisotopic (exact) mass is 233 g/mol. The number of likely N-dealkylation sites (N-methyl/N-ethyl adjacent to an activating group) is 1. The second-order valence-electron chi connectivity index (χ2n) is 3.14. The molecule has 1 aromatic rings. The van der Waals surface area contributed by atoms with Crippen molar-refractivity contribution in [2.75, 3.05) is 7.05 Å². The number of rotatable bonds is 3. The van der Waals surface area contributed by atoms with E-state index in [-0.39, 0.29) is 5.56 Å². The molecule has 1 atom stereocenters. The third kappa shape index (κ3) is 2.52. The first-order valence-corrected chi connectivity index (χ1v) is 4.44. The van der Waals surface area contributed by atoms with Crippen molar-refractivity contribution in [3.8, 4) is 0 Å². The van der Waals surface area contributed by atoms with Gasteiger partial charge in [-0.2, -0.15) is 13.2 Å². The van der Waals surface area contributed by atoms with Crippen molar-refractivity contribution in [3.05, 3.63) is 35.4 Å². The second-order valence-corrected chi connectivity index (χ2v) is 3.14. The maximum Gasteiger partial charge on any atom is 0.416 e. The highest BCUT2D eigenvalue weighted by Crippen LogP contribution is 2.34. The zero-order chi connectivity index (χ0) is 12.3. The van der Waals surface area contributed by atoms with E-state index in [9.17, 15) is 18.0 Å². The number of hydrogen-bond donors (Lipinski definition) is 2. The largest absolute Gasteiger partial charge is 0.480 e. The number of benzene rings is 1. The summed E-state index contributed by atoms with van der Waals surface area (Å²) in [6, 6.07) is 3.25. The maximum absolute atomic E-state index is 12.6. The number of hydrogen-bond acceptors (Lipinski definition) is 2. The average Bonchev–Trinajstić information content (AvgIpc) is 2.17. The number of nitrogens with one attached hydrogen (secondary N) is 1. The number of carbonyl (C=O) groups is 1. The molecule has 0 amide bonds. The van der Waals surface area contributed by atoms with Crippen molar-refractivity contribution < 1.29 is 23.1 Å². The fourth-order valence-corrected chi connectivity index (χ4v) is 1.42. The van der Waals surface area contributed by atoms with Gasteiger partial charge in [0.25, 0.3) is 0 Å². The highest BCUT2D eigenvalue weighted by atomic mass is 19.4. The number of halogens is 3. The number of carboxylic acids is 1. The Morgan fingerprint density at radius 3 is 2.38 bits per heavy atom. The average molecular weight is 233 g/mol. The van der Waals surface area contributed by atoms with Crippen LogP contribution in [0.1, 0.15) is 17.2 Å². The summed E-state index contributed by atoms with van der Waals surface area (Å²) < 4.78 is 37.8. The van der Waals surface area contributed by atoms with Gasteiger partial charge in [-0.3, -0.25) is 4.79 Å². The SMILES string of the molecule is CN[C@@H](C(=O)O)c1ccccc1C(F)(F)F. The molecule has 6 heteroatoms. The molecule has 0 fully saturated rings. The fraction of sp³-hybridized carbons (Fsp3) is 0.300. The van der Waals surface area contributed by atoms with Crippen LogP contribution in [-0.4, -0.2) is 18.1 Å². The summed E-state index contributed by atoms with van der Waals surface area (Å²) in [7, 11) is 1.30. The normalized spacial score (nSPS) is 13.5. The predicted molar refractivity (Wildman–Crippen MR) is 50.9 cm³/mol. The molecule has 1 rings (SSSR count). The van der Waals surface area contributed by atoms with Crippen LogP contribution in [0.25, 0.3) is 0 Å². The van der Waals surface area contributed by atoms with Gasteiger partial charge in [0.15, 0.2) is 0 Å². The molecule has 1 aromatic carbocycles. The van der Waals surface area contributed by atoms with Crippen LogP contribution >= 0.6 is 0 Å². The topological polar surface area (TPSA) is 49.3 Å². The minimum absolute atomic E-state index is 0.287. The van der Waals surface area contributed by atoms with Gasteiger partial charge in [0.2, 0.25) is 0 Å². The lowest BCUT2D eigenvalue weighted by Gasteiger charge is -2.17. The van der Waals surface area contributed by atoms with Crippen molar-refractivity contribution in [2.24, 2.45) is 0 Å². The Morgan fingerprint density at radius 2 is 1.94 bits per heavy atom. The van der Waals surface area contributed by atoms with Crippen LogP contribution in [-0.2, 0) is 11.0 Å². The Balaban J connectivity index is 3.27. The molecule has 0 heterocycles. The first kappa shape index (κ1) is 12.5. The van der Waals surface area contributed by atoms with Crippen molar-refractivity contribution in [1.29, 1.82) is 0 Å². The summed E-state index contributed by atoms with van der Waals surface area (Å²) in [5.41, 5.74) is -1.22. The molecular weight excluding hydrogens is 223 g/mol. The molecule has 0 bridgehead atoms. The van der Waals surface area contributed by atoms with Crippen LogP contribution < -0.4 is 5.32 Å². The molecule has 0 aliphatic carbocycles. The van der Waals surface area contributed by atoms with Gasteiger partial charge in [-0.15, -0.1) is 0 Å². The highest BCUT2D eigenvalue weighted by molar-refractivity contribution is 5.76. The minimum atomic E-state index is -4.55. The van der Waals surface area contributed by atoms with Crippen LogP contribution in [0.5, 0.6) is 0 Å². The van der Waals surface area contributed by atoms with Crippen molar-refractivity contribution >= 4 is 5.97 Å². The van der Waals surface area contributed by atoms with E-state index in [0.29, 0.717) is 0 Å². The number of carboxylic acid groups (broad SMARTS) is 1. The molecule has 88 valence electrons. The molecule has 0 spiro atoms. The van der Waals surface area contributed by atoms with Crippen LogP contribution in [0.3, 0.4) is 0 Å². The van der Waals surface area contributed by atoms with E-state index in [1.54, 1.807) is 0 Å². The molecule has 0 saturated carbocycles. The van der Waals surface area contributed by atoms with Crippen molar-refractivity contribution in [1.82, 2.24) is 5.32 Å². The molecule has 0 aromatic heterocycles. The number of aliphatic carboxylic acids is 1. The summed E-state index contributed by atoms with van der Waals surface area (Å²) in [6.45, 7) is 0. The quantitative estimate of drug-likeness (QED) is 0.840. The Hall–Kier alpha value is -1.56. The van der Waals surface area contributed by atoms with Crippen LogP contribution in [0.15, 0.2) is 24.3 Å². The minimum Gasteiger partial charge on any atom is -0.480 e. The second kappa shape index (κ2) is 4.52. The summed E-state index contributed by atoms with van der Waals surface area (Å²) >= 11 is 0. The fourth-order valence-electron chi connectivity index (χ4n) is 1.42. The van der Waals surface area contributed by atoms with Crippen LogP contribution in [0.4, 0.5) is 13.2 Å². The standard InChI is InChI=1S/C10H10F3NO2/c1-14-8(9(15)16)6-4-2-3-5-7(6)10(11,12)13/h2-5,8,14H,1H3,(H,15,16)/t8-/m1/s1. The Morgan fingerprint density at radius 1 is 1.38 bits per heavy atom. The molecule has 0 aliphatic heterocycles. The zero-order valence-electron chi connectivity index (χ0n) is 8.38. The first-order valence-electron chi connectivity index (χ1n) is 4.44. The van der Waals surface area contributed by atoms with Gasteiger partial charge in [0.05, 0.1) is 5.56 Å². The van der Waals surface area contributed by atoms with Crippen LogP contribution in [0, 0.1) is 0 Å². The molecule has 16 heavy (non-hydrogen) atoms. The van der Waals surface area contributed by atoms with Gasteiger partial charge < -0.3 is 10.4 Å². The van der Waals surface area contributed by atoms with Gasteiger partial charge in [-0.1, -0.05) is 18.2 Å². The molecule has 0 unspecified atom stereocenters. The van der Waals surface area contributed by atoms with Gasteiger partial charge in [-0.05, 0) is 18.7 Å². The van der Waals surface area contributed by atoms with E-state index in [0.717, 1.165) is 12.1 Å². The van der Waals surface area contributed by atoms with E-state index in [1.165, 1.54) is 19.2 Å². The first-order chi connectivity index (χ1) is 7.38. The highest BCUT2D eigenvalue weighted by Gasteiger charge is 2.36. The van der Waals surface area contributed by atoms with E-state index in [2.05, 4.69) is 5.32 Å². The third-order valence-electron chi connectivity index (χ3n) is 2.11. The lowest BCUT2D eigenvalue weighted by molar-refractivity contribution is -0.142. The van der Waals surface area contributed by atoms with Gasteiger partial charge in [0.1, 0.15) is 6.04 Å². The summed E-state index contributed by atoms with van der Waals surface area (Å²) in [4.78, 5) is 10.8. The summed E-state index contributed by atoms with van der Waals surface area (Å²) in [6.07, 6.45) is -4.55. The van der Waals surface area contributed by atoms with E-state index >= 15 is 0 Å². The molecule has 2 N–H and O–H groups in total. The smallest absolute Gasteiger partial charge is 0.416 e. The molecule has 0 aliphatic rings. The lowest BCUT2D eigenvalue weighted by atomic mass is 10.00. The summed E-state index contributed by atoms with van der Waals surface area (Å²) in [5, 5.41) is 11.1. The Kier molecular flexibility index (Phi) is 3.54. The maximum atomic E-state index is 12.6. The molecule has 0 saturated heterocycles. The van der Waals surface area contributed by atoms with Crippen molar-refractivity contribution in [3.63, 3.8) is 0 Å². The Labute approximate surface area is 89.9 Å². The van der Waals surface area contributed by atoms with Gasteiger partial charge in [0, 0.05) is 0 Å². The van der Waals surface area contributed by atoms with E-state index in [1.807, 2.05) is 0 Å². The predicted octanol–water partition coefficient (Wildman–Crippen LogP) is 2.05. The van der Waals surface area contributed by atoms with E-state index in [4.69, 9.17) is 5.11 Å². The molecular formula is C10H10F3NO2. The molecule has 0 radical (unpaired) electrons.